The third-order valence-electron chi connectivity index (χ3n) is 4.39. The van der Waals surface area contributed by atoms with Gasteiger partial charge in [0, 0.05) is 0 Å². The molecule has 0 aliphatic carbocycles. The van der Waals surface area contributed by atoms with Gasteiger partial charge in [0.1, 0.15) is 12.4 Å². The van der Waals surface area contributed by atoms with Gasteiger partial charge in [-0.1, -0.05) is 24.3 Å². The molecular weight excluding hydrogens is 343 g/mol. The predicted molar refractivity (Wildman–Crippen MR) is 74.5 cm³/mol. The minimum Gasteiger partial charge on any atom is -0.406 e. The van der Waals surface area contributed by atoms with E-state index in [1.54, 1.807) is 12.2 Å². The molecule has 2 bridgehead atoms. The zero-order valence-electron chi connectivity index (χ0n) is 12.6. The topological polar surface area (TPSA) is 65.1 Å². The summed E-state index contributed by atoms with van der Waals surface area (Å²) in [5.41, 5.74) is 0.490. The number of hydrogen-bond donors (Lipinski definition) is 0. The lowest BCUT2D eigenvalue weighted by Crippen LogP contribution is -2.34. The molecule has 4 unspecified atom stereocenters. The number of hydrogen-bond acceptors (Lipinski definition) is 5. The van der Waals surface area contributed by atoms with Crippen LogP contribution in [0.15, 0.2) is 36.4 Å². The number of imide groups is 1. The van der Waals surface area contributed by atoms with Gasteiger partial charge in [-0.15, -0.1) is 13.2 Å². The van der Waals surface area contributed by atoms with E-state index in [0.717, 1.165) is 17.2 Å². The fraction of sp³-hybridized carbons (Fsp3) is 0.375. The smallest absolute Gasteiger partial charge is 0.406 e. The van der Waals surface area contributed by atoms with E-state index in [0.29, 0.717) is 5.56 Å². The first-order valence-electron chi connectivity index (χ1n) is 7.53. The second-order valence-corrected chi connectivity index (χ2v) is 5.94. The minimum atomic E-state index is -4.76. The highest BCUT2D eigenvalue weighted by atomic mass is 19.4. The zero-order valence-corrected chi connectivity index (χ0v) is 12.6. The number of rotatable bonds is 4. The van der Waals surface area contributed by atoms with Gasteiger partial charge in [-0.3, -0.25) is 14.4 Å². The molecule has 0 saturated carbocycles. The average Bonchev–Trinajstić information content (AvgIpc) is 3.21. The number of fused-ring (bicyclic) bond motifs is 5. The van der Waals surface area contributed by atoms with Crippen LogP contribution in [-0.2, 0) is 25.8 Å². The summed E-state index contributed by atoms with van der Waals surface area (Å²) < 4.78 is 45.6. The van der Waals surface area contributed by atoms with Crippen molar-refractivity contribution in [2.75, 3.05) is 0 Å². The highest BCUT2D eigenvalue weighted by molar-refractivity contribution is 6.05. The fourth-order valence-electron chi connectivity index (χ4n) is 3.33. The number of nitrogens with zero attached hydrogens (tertiary/aromatic N) is 1. The summed E-state index contributed by atoms with van der Waals surface area (Å²) in [6.07, 6.45) is -2.04. The van der Waals surface area contributed by atoms with E-state index in [4.69, 9.17) is 9.57 Å². The Morgan fingerprint density at radius 1 is 1.00 bits per heavy atom. The van der Waals surface area contributed by atoms with Crippen LogP contribution in [0.2, 0.25) is 0 Å². The Hall–Kier alpha value is -2.39. The van der Waals surface area contributed by atoms with Crippen molar-refractivity contribution in [3.63, 3.8) is 0 Å². The number of carbonyl (C=O) groups excluding carboxylic acids is 2. The van der Waals surface area contributed by atoms with Crippen molar-refractivity contribution in [2.24, 2.45) is 11.8 Å². The molecule has 1 aromatic carbocycles. The Balaban J connectivity index is 1.39. The van der Waals surface area contributed by atoms with Crippen molar-refractivity contribution < 1.29 is 37.1 Å². The Morgan fingerprint density at radius 3 is 2.08 bits per heavy atom. The van der Waals surface area contributed by atoms with E-state index in [2.05, 4.69) is 4.74 Å². The third kappa shape index (κ3) is 2.79. The maximum absolute atomic E-state index is 12.3. The van der Waals surface area contributed by atoms with Crippen molar-refractivity contribution >= 4 is 11.8 Å². The lowest BCUT2D eigenvalue weighted by Gasteiger charge is -2.17. The largest absolute Gasteiger partial charge is 0.573 e. The Kier molecular flexibility index (Phi) is 3.58. The van der Waals surface area contributed by atoms with Gasteiger partial charge in [0.15, 0.2) is 0 Å². The summed E-state index contributed by atoms with van der Waals surface area (Å²) in [5, 5.41) is 0.741. The minimum absolute atomic E-state index is 0.132. The summed E-state index contributed by atoms with van der Waals surface area (Å²) in [4.78, 5) is 30.0. The standard InChI is InChI=1S/C16H12F3NO5/c17-16(18,19)25-9-3-1-8(2-4-9)7-23-20-14(21)12-10-5-6-11(24-10)13(12)15(20)22/h1-6,10-13H,7H2. The van der Waals surface area contributed by atoms with Gasteiger partial charge in [0.25, 0.3) is 11.8 Å². The van der Waals surface area contributed by atoms with Crippen molar-refractivity contribution in [3.8, 4) is 5.75 Å². The zero-order chi connectivity index (χ0) is 17.8. The predicted octanol–water partition coefficient (Wildman–Crippen LogP) is 1.96. The van der Waals surface area contributed by atoms with Crippen molar-refractivity contribution in [1.82, 2.24) is 5.06 Å². The molecular formula is C16H12F3NO5. The van der Waals surface area contributed by atoms with E-state index >= 15 is 0 Å². The van der Waals surface area contributed by atoms with E-state index in [-0.39, 0.29) is 12.4 Å². The molecule has 25 heavy (non-hydrogen) atoms. The van der Waals surface area contributed by atoms with Crippen LogP contribution in [0.3, 0.4) is 0 Å². The van der Waals surface area contributed by atoms with Gasteiger partial charge in [-0.2, -0.15) is 5.06 Å². The molecule has 0 spiro atoms. The number of ether oxygens (including phenoxy) is 2. The normalized spacial score (nSPS) is 30.3. The summed E-state index contributed by atoms with van der Waals surface area (Å²) in [6, 6.07) is 4.99. The summed E-state index contributed by atoms with van der Waals surface area (Å²) in [5.74, 6) is -2.40. The number of hydroxylamine groups is 2. The van der Waals surface area contributed by atoms with E-state index < -0.39 is 42.2 Å². The van der Waals surface area contributed by atoms with Crippen LogP contribution in [0, 0.1) is 11.8 Å². The molecule has 0 N–H and O–H groups in total. The molecule has 4 rings (SSSR count). The molecule has 3 aliphatic rings. The van der Waals surface area contributed by atoms with Gasteiger partial charge in [-0.05, 0) is 17.7 Å². The first-order chi connectivity index (χ1) is 11.8. The SMILES string of the molecule is O=C1C2C3C=CC(O3)C2C(=O)N1OCc1ccc(OC(F)(F)F)cc1. The van der Waals surface area contributed by atoms with E-state index in [9.17, 15) is 22.8 Å². The van der Waals surface area contributed by atoms with Crippen molar-refractivity contribution in [2.45, 2.75) is 25.2 Å². The number of carbonyl (C=O) groups is 2. The van der Waals surface area contributed by atoms with Gasteiger partial charge in [-0.25, -0.2) is 0 Å². The van der Waals surface area contributed by atoms with Crippen molar-refractivity contribution in [1.29, 1.82) is 0 Å². The first kappa shape index (κ1) is 16.1. The van der Waals surface area contributed by atoms with Crippen LogP contribution < -0.4 is 4.74 Å². The Bertz CT molecular complexity index is 715. The number of amides is 2. The molecule has 9 heteroatoms. The molecule has 4 atom stereocenters. The summed E-state index contributed by atoms with van der Waals surface area (Å²) >= 11 is 0. The summed E-state index contributed by atoms with van der Waals surface area (Å²) in [6.45, 7) is -0.132. The molecule has 132 valence electrons. The average molecular weight is 355 g/mol. The molecule has 3 aliphatic heterocycles. The lowest BCUT2D eigenvalue weighted by atomic mass is 9.85. The highest BCUT2D eigenvalue weighted by Gasteiger charge is 2.61. The van der Waals surface area contributed by atoms with Crippen LogP contribution in [0.25, 0.3) is 0 Å². The molecule has 2 fully saturated rings. The van der Waals surface area contributed by atoms with Crippen LogP contribution in [-0.4, -0.2) is 35.4 Å². The Labute approximate surface area is 139 Å². The van der Waals surface area contributed by atoms with Gasteiger partial charge in [0.05, 0.1) is 24.0 Å². The second-order valence-electron chi connectivity index (χ2n) is 5.94. The van der Waals surface area contributed by atoms with Crippen LogP contribution in [0.1, 0.15) is 5.56 Å². The van der Waals surface area contributed by atoms with E-state index in [1.807, 2.05) is 0 Å². The van der Waals surface area contributed by atoms with Gasteiger partial charge in [0.2, 0.25) is 0 Å². The third-order valence-corrected chi connectivity index (χ3v) is 4.39. The second kappa shape index (κ2) is 5.57. The van der Waals surface area contributed by atoms with Crippen LogP contribution in [0.5, 0.6) is 5.75 Å². The monoisotopic (exact) mass is 355 g/mol. The van der Waals surface area contributed by atoms with Crippen LogP contribution in [0.4, 0.5) is 13.2 Å². The van der Waals surface area contributed by atoms with Crippen molar-refractivity contribution in [3.05, 3.63) is 42.0 Å². The highest BCUT2D eigenvalue weighted by Crippen LogP contribution is 2.45. The number of halogens is 3. The molecule has 2 amide bonds. The van der Waals surface area contributed by atoms with Crippen LogP contribution >= 0.6 is 0 Å². The molecule has 3 heterocycles. The maximum Gasteiger partial charge on any atom is 0.573 e. The number of benzene rings is 1. The Morgan fingerprint density at radius 2 is 1.56 bits per heavy atom. The lowest BCUT2D eigenvalue weighted by molar-refractivity contribution is -0.274. The first-order valence-corrected chi connectivity index (χ1v) is 7.53. The number of alkyl halides is 3. The summed E-state index contributed by atoms with van der Waals surface area (Å²) in [7, 11) is 0. The fourth-order valence-corrected chi connectivity index (χ4v) is 3.33. The maximum atomic E-state index is 12.3. The molecule has 6 nitrogen and oxygen atoms in total. The quantitative estimate of drug-likeness (QED) is 0.610. The molecule has 0 radical (unpaired) electrons. The van der Waals surface area contributed by atoms with E-state index in [1.165, 1.54) is 12.1 Å². The molecule has 0 aromatic heterocycles. The molecule has 1 aromatic rings. The van der Waals surface area contributed by atoms with Gasteiger partial charge < -0.3 is 9.47 Å². The molecule has 2 saturated heterocycles. The van der Waals surface area contributed by atoms with Gasteiger partial charge >= 0.3 is 6.36 Å².